The first-order valence-corrected chi connectivity index (χ1v) is 6.46. The van der Waals surface area contributed by atoms with E-state index in [2.05, 4.69) is 20.8 Å². The molecule has 19 heavy (non-hydrogen) atoms. The Morgan fingerprint density at radius 3 is 2.32 bits per heavy atom. The van der Waals surface area contributed by atoms with Gasteiger partial charge in [-0.2, -0.15) is 0 Å². The van der Waals surface area contributed by atoms with Crippen LogP contribution in [0.15, 0.2) is 42.7 Å². The van der Waals surface area contributed by atoms with Crippen LogP contribution in [0.25, 0.3) is 0 Å². The SMILES string of the molecule is C/C=C/OC(N(C)C(=O)c1ccccc1)C(C)(C)C. The van der Waals surface area contributed by atoms with Crippen molar-refractivity contribution in [2.24, 2.45) is 5.41 Å². The van der Waals surface area contributed by atoms with E-state index in [0.717, 1.165) is 0 Å². The van der Waals surface area contributed by atoms with Gasteiger partial charge in [-0.15, -0.1) is 0 Å². The lowest BCUT2D eigenvalue weighted by Gasteiger charge is -2.36. The van der Waals surface area contributed by atoms with Gasteiger partial charge in [0.25, 0.3) is 5.91 Å². The largest absolute Gasteiger partial charge is 0.478 e. The Bertz CT molecular complexity index is 432. The van der Waals surface area contributed by atoms with Gasteiger partial charge in [0, 0.05) is 18.0 Å². The van der Waals surface area contributed by atoms with Gasteiger partial charge in [0.1, 0.15) is 0 Å². The van der Waals surface area contributed by atoms with Gasteiger partial charge in [-0.05, 0) is 19.1 Å². The van der Waals surface area contributed by atoms with Crippen LogP contribution in [0.1, 0.15) is 38.1 Å². The number of nitrogens with zero attached hydrogens (tertiary/aromatic N) is 1. The molecule has 1 rings (SSSR count). The third-order valence-corrected chi connectivity index (χ3v) is 2.78. The Labute approximate surface area is 115 Å². The fraction of sp³-hybridized carbons (Fsp3) is 0.438. The predicted molar refractivity (Wildman–Crippen MR) is 77.7 cm³/mol. The monoisotopic (exact) mass is 261 g/mol. The standard InChI is InChI=1S/C16H23NO2/c1-6-12-19-15(16(2,3)4)17(5)14(18)13-10-8-7-9-11-13/h6-12,15H,1-5H3/b12-6+. The fourth-order valence-corrected chi connectivity index (χ4v) is 1.92. The molecule has 1 amide bonds. The number of allylic oxidation sites excluding steroid dienone is 1. The summed E-state index contributed by atoms with van der Waals surface area (Å²) in [7, 11) is 1.77. The quantitative estimate of drug-likeness (QED) is 0.611. The second kappa shape index (κ2) is 6.41. The van der Waals surface area contributed by atoms with E-state index in [-0.39, 0.29) is 17.6 Å². The van der Waals surface area contributed by atoms with Crippen molar-refractivity contribution < 1.29 is 9.53 Å². The number of ether oxygens (including phenoxy) is 1. The molecule has 3 heteroatoms. The van der Waals surface area contributed by atoms with E-state index in [1.807, 2.05) is 43.3 Å². The topological polar surface area (TPSA) is 29.5 Å². The predicted octanol–water partition coefficient (Wildman–Crippen LogP) is 3.68. The van der Waals surface area contributed by atoms with Crippen molar-refractivity contribution in [3.63, 3.8) is 0 Å². The lowest BCUT2D eigenvalue weighted by atomic mass is 9.93. The molecule has 1 aromatic rings. The number of hydrogen-bond acceptors (Lipinski definition) is 2. The Morgan fingerprint density at radius 2 is 1.84 bits per heavy atom. The second-order valence-electron chi connectivity index (χ2n) is 5.61. The molecule has 0 aliphatic heterocycles. The highest BCUT2D eigenvalue weighted by Crippen LogP contribution is 2.26. The summed E-state index contributed by atoms with van der Waals surface area (Å²) < 4.78 is 5.68. The summed E-state index contributed by atoms with van der Waals surface area (Å²) in [5.74, 6) is -0.0370. The number of benzene rings is 1. The van der Waals surface area contributed by atoms with Crippen LogP contribution in [0.3, 0.4) is 0 Å². The molecule has 0 bridgehead atoms. The number of carbonyl (C=O) groups is 1. The molecule has 0 aliphatic rings. The summed E-state index contributed by atoms with van der Waals surface area (Å²) in [4.78, 5) is 14.1. The average Bonchev–Trinajstić information content (AvgIpc) is 2.37. The van der Waals surface area contributed by atoms with Crippen LogP contribution in [-0.2, 0) is 4.74 Å². The minimum atomic E-state index is -0.309. The summed E-state index contributed by atoms with van der Waals surface area (Å²) in [6.45, 7) is 8.04. The molecule has 0 aliphatic carbocycles. The molecule has 1 unspecified atom stereocenters. The normalized spacial score (nSPS) is 13.3. The lowest BCUT2D eigenvalue weighted by molar-refractivity contribution is -0.0520. The minimum absolute atomic E-state index is 0.0370. The van der Waals surface area contributed by atoms with E-state index >= 15 is 0 Å². The zero-order chi connectivity index (χ0) is 14.5. The van der Waals surface area contributed by atoms with Crippen LogP contribution < -0.4 is 0 Å². The highest BCUT2D eigenvalue weighted by Gasteiger charge is 2.32. The molecule has 0 fully saturated rings. The molecule has 0 spiro atoms. The zero-order valence-electron chi connectivity index (χ0n) is 12.4. The average molecular weight is 261 g/mol. The van der Waals surface area contributed by atoms with Crippen LogP contribution >= 0.6 is 0 Å². The third kappa shape index (κ3) is 4.12. The molecule has 0 saturated heterocycles. The molecule has 0 heterocycles. The van der Waals surface area contributed by atoms with Gasteiger partial charge in [-0.1, -0.05) is 45.0 Å². The van der Waals surface area contributed by atoms with E-state index < -0.39 is 0 Å². The molecular weight excluding hydrogens is 238 g/mol. The molecule has 104 valence electrons. The van der Waals surface area contributed by atoms with Crippen molar-refractivity contribution in [1.82, 2.24) is 4.90 Å². The number of hydrogen-bond donors (Lipinski definition) is 0. The van der Waals surface area contributed by atoms with E-state index in [4.69, 9.17) is 4.74 Å². The summed E-state index contributed by atoms with van der Waals surface area (Å²) in [5.41, 5.74) is 0.502. The Morgan fingerprint density at radius 1 is 1.26 bits per heavy atom. The van der Waals surface area contributed by atoms with E-state index in [0.29, 0.717) is 5.56 Å². The van der Waals surface area contributed by atoms with Gasteiger partial charge in [-0.25, -0.2) is 0 Å². The summed E-state index contributed by atoms with van der Waals surface area (Å²) in [6, 6.07) is 9.25. The van der Waals surface area contributed by atoms with E-state index in [1.165, 1.54) is 0 Å². The van der Waals surface area contributed by atoms with Crippen molar-refractivity contribution in [3.8, 4) is 0 Å². The highest BCUT2D eigenvalue weighted by molar-refractivity contribution is 5.94. The van der Waals surface area contributed by atoms with Crippen LogP contribution in [0.2, 0.25) is 0 Å². The number of rotatable bonds is 4. The molecule has 0 saturated carbocycles. The molecule has 0 radical (unpaired) electrons. The molecule has 0 aromatic heterocycles. The van der Waals surface area contributed by atoms with Gasteiger partial charge < -0.3 is 9.64 Å². The van der Waals surface area contributed by atoms with Gasteiger partial charge >= 0.3 is 0 Å². The number of carbonyl (C=O) groups excluding carboxylic acids is 1. The van der Waals surface area contributed by atoms with Gasteiger partial charge in [-0.3, -0.25) is 4.79 Å². The number of amides is 1. The molecule has 0 N–H and O–H groups in total. The first kappa shape index (κ1) is 15.3. The first-order chi connectivity index (χ1) is 8.88. The lowest BCUT2D eigenvalue weighted by Crippen LogP contribution is -2.46. The van der Waals surface area contributed by atoms with Crippen molar-refractivity contribution in [2.45, 2.75) is 33.9 Å². The summed E-state index contributed by atoms with van der Waals surface area (Å²) >= 11 is 0. The second-order valence-corrected chi connectivity index (χ2v) is 5.61. The maximum Gasteiger partial charge on any atom is 0.256 e. The van der Waals surface area contributed by atoms with Gasteiger partial charge in [0.15, 0.2) is 6.23 Å². The van der Waals surface area contributed by atoms with Gasteiger partial charge in [0.05, 0.1) is 6.26 Å². The Hall–Kier alpha value is -1.77. The Balaban J connectivity index is 2.93. The van der Waals surface area contributed by atoms with Crippen LogP contribution in [0.4, 0.5) is 0 Å². The van der Waals surface area contributed by atoms with Crippen LogP contribution in [0.5, 0.6) is 0 Å². The fourth-order valence-electron chi connectivity index (χ4n) is 1.92. The molecular formula is C16H23NO2. The summed E-state index contributed by atoms with van der Waals surface area (Å²) in [6.07, 6.45) is 3.14. The summed E-state index contributed by atoms with van der Waals surface area (Å²) in [5, 5.41) is 0. The maximum atomic E-state index is 12.4. The molecule has 1 aromatic carbocycles. The van der Waals surface area contributed by atoms with Crippen molar-refractivity contribution >= 4 is 5.91 Å². The Kier molecular flexibility index (Phi) is 5.16. The van der Waals surface area contributed by atoms with Crippen molar-refractivity contribution in [2.75, 3.05) is 7.05 Å². The van der Waals surface area contributed by atoms with E-state index in [1.54, 1.807) is 18.2 Å². The third-order valence-electron chi connectivity index (χ3n) is 2.78. The smallest absolute Gasteiger partial charge is 0.256 e. The van der Waals surface area contributed by atoms with E-state index in [9.17, 15) is 4.79 Å². The van der Waals surface area contributed by atoms with Gasteiger partial charge in [0.2, 0.25) is 0 Å². The molecule has 1 atom stereocenters. The first-order valence-electron chi connectivity index (χ1n) is 6.46. The minimum Gasteiger partial charge on any atom is -0.478 e. The zero-order valence-corrected chi connectivity index (χ0v) is 12.4. The van der Waals surface area contributed by atoms with Crippen LogP contribution in [-0.4, -0.2) is 24.1 Å². The maximum absolute atomic E-state index is 12.4. The van der Waals surface area contributed by atoms with Crippen molar-refractivity contribution in [1.29, 1.82) is 0 Å². The molecule has 3 nitrogen and oxygen atoms in total. The highest BCUT2D eigenvalue weighted by atomic mass is 16.5. The van der Waals surface area contributed by atoms with Crippen LogP contribution in [0, 0.1) is 5.41 Å². The van der Waals surface area contributed by atoms with Crippen molar-refractivity contribution in [3.05, 3.63) is 48.2 Å².